The Kier molecular flexibility index (Phi) is 5.89. The van der Waals surface area contributed by atoms with Crippen molar-refractivity contribution in [2.24, 2.45) is 0 Å². The fraction of sp³-hybridized carbons (Fsp3) is 0. The Hall–Kier alpha value is -6.22. The summed E-state index contributed by atoms with van der Waals surface area (Å²) in [5, 5.41) is 13.0. The van der Waals surface area contributed by atoms with Crippen molar-refractivity contribution < 1.29 is 0 Å². The SMILES string of the molecule is c1cc(-c2ccc3c4ccccc4c4ccccc4c3c2)cc(-c2ccc3c(c2)c2ccccc2n3-c2ccc3sc4ccccc4c3c2)c1. The van der Waals surface area contributed by atoms with E-state index in [-0.39, 0.29) is 0 Å². The average Bonchev–Trinajstić information content (AvgIpc) is 3.73. The van der Waals surface area contributed by atoms with E-state index in [1.165, 1.54) is 102 Å². The normalized spacial score (nSPS) is 12.0. The molecular formula is C48H29NS. The minimum Gasteiger partial charge on any atom is -0.309 e. The fourth-order valence-corrected chi connectivity index (χ4v) is 9.34. The second kappa shape index (κ2) is 10.6. The zero-order chi connectivity index (χ0) is 32.8. The van der Waals surface area contributed by atoms with Gasteiger partial charge in [-0.15, -0.1) is 11.3 Å². The number of hydrogen-bond donors (Lipinski definition) is 0. The van der Waals surface area contributed by atoms with Gasteiger partial charge < -0.3 is 4.57 Å². The van der Waals surface area contributed by atoms with E-state index in [0.717, 1.165) is 0 Å². The van der Waals surface area contributed by atoms with Crippen LogP contribution in [0.25, 0.3) is 102 Å². The highest BCUT2D eigenvalue weighted by Gasteiger charge is 2.15. The summed E-state index contributed by atoms with van der Waals surface area (Å²) in [6.07, 6.45) is 0. The van der Waals surface area contributed by atoms with Gasteiger partial charge in [-0.25, -0.2) is 0 Å². The van der Waals surface area contributed by atoms with Crippen LogP contribution in [-0.4, -0.2) is 4.57 Å². The van der Waals surface area contributed by atoms with Crippen LogP contribution in [0.4, 0.5) is 0 Å². The Morgan fingerprint density at radius 2 is 0.800 bits per heavy atom. The van der Waals surface area contributed by atoms with Crippen LogP contribution in [0.2, 0.25) is 0 Å². The first-order valence-corrected chi connectivity index (χ1v) is 18.0. The lowest BCUT2D eigenvalue weighted by atomic mass is 9.91. The Morgan fingerprint density at radius 3 is 1.54 bits per heavy atom. The molecule has 11 rings (SSSR count). The summed E-state index contributed by atoms with van der Waals surface area (Å²) in [7, 11) is 0. The number of rotatable bonds is 3. The summed E-state index contributed by atoms with van der Waals surface area (Å²) in [6.45, 7) is 0. The van der Waals surface area contributed by atoms with Gasteiger partial charge in [0, 0.05) is 36.6 Å². The molecule has 0 fully saturated rings. The van der Waals surface area contributed by atoms with Crippen molar-refractivity contribution in [1.82, 2.24) is 4.57 Å². The Labute approximate surface area is 292 Å². The minimum atomic E-state index is 1.19. The van der Waals surface area contributed by atoms with Gasteiger partial charge in [0.25, 0.3) is 0 Å². The lowest BCUT2D eigenvalue weighted by Gasteiger charge is -2.13. The summed E-state index contributed by atoms with van der Waals surface area (Å²) >= 11 is 1.87. The molecule has 9 aromatic carbocycles. The predicted molar refractivity (Wildman–Crippen MR) is 217 cm³/mol. The van der Waals surface area contributed by atoms with E-state index in [1.54, 1.807) is 0 Å². The van der Waals surface area contributed by atoms with E-state index in [9.17, 15) is 0 Å². The van der Waals surface area contributed by atoms with Gasteiger partial charge in [-0.3, -0.25) is 0 Å². The van der Waals surface area contributed by atoms with Crippen molar-refractivity contribution >= 4 is 85.6 Å². The molecule has 0 aliphatic heterocycles. The number of thiophene rings is 1. The molecule has 0 saturated carbocycles. The maximum Gasteiger partial charge on any atom is 0.0541 e. The minimum absolute atomic E-state index is 1.19. The monoisotopic (exact) mass is 651 g/mol. The van der Waals surface area contributed by atoms with Crippen LogP contribution in [0.15, 0.2) is 176 Å². The highest BCUT2D eigenvalue weighted by molar-refractivity contribution is 7.25. The Morgan fingerprint density at radius 1 is 0.280 bits per heavy atom. The number of hydrogen-bond acceptors (Lipinski definition) is 1. The van der Waals surface area contributed by atoms with Crippen molar-refractivity contribution in [2.45, 2.75) is 0 Å². The molecule has 2 aromatic heterocycles. The smallest absolute Gasteiger partial charge is 0.0541 e. The summed E-state index contributed by atoms with van der Waals surface area (Å²) in [6, 6.07) is 65.0. The first kappa shape index (κ1) is 27.7. The molecular weight excluding hydrogens is 623 g/mol. The molecule has 2 heteroatoms. The largest absolute Gasteiger partial charge is 0.309 e. The molecule has 0 bridgehead atoms. The van der Waals surface area contributed by atoms with Crippen LogP contribution in [0, 0.1) is 0 Å². The van der Waals surface area contributed by atoms with Gasteiger partial charge in [-0.2, -0.15) is 0 Å². The van der Waals surface area contributed by atoms with E-state index in [1.807, 2.05) is 11.3 Å². The maximum absolute atomic E-state index is 2.43. The van der Waals surface area contributed by atoms with E-state index < -0.39 is 0 Å². The van der Waals surface area contributed by atoms with E-state index >= 15 is 0 Å². The zero-order valence-electron chi connectivity index (χ0n) is 27.1. The lowest BCUT2D eigenvalue weighted by molar-refractivity contribution is 1.19. The molecule has 2 heterocycles. The number of para-hydroxylation sites is 1. The number of fused-ring (bicyclic) bond motifs is 12. The summed E-state index contributed by atoms with van der Waals surface area (Å²) in [5.41, 5.74) is 8.53. The lowest BCUT2D eigenvalue weighted by Crippen LogP contribution is -1.93. The van der Waals surface area contributed by atoms with Crippen LogP contribution in [0.5, 0.6) is 0 Å². The molecule has 11 aromatic rings. The van der Waals surface area contributed by atoms with Crippen LogP contribution in [-0.2, 0) is 0 Å². The van der Waals surface area contributed by atoms with Gasteiger partial charge >= 0.3 is 0 Å². The standard InChI is InChI=1S/C48H29NS/c1-2-14-37-35(12-1)36-13-3-4-15-38(36)42-27-32(20-23-39(37)42)30-10-9-11-31(26-30)33-21-24-46-43(28-33)40-16-5-7-18-45(40)49(46)34-22-25-48-44(29-34)41-17-6-8-19-47(41)50-48/h1-29H. The van der Waals surface area contributed by atoms with Crippen molar-refractivity contribution in [2.75, 3.05) is 0 Å². The van der Waals surface area contributed by atoms with Crippen LogP contribution < -0.4 is 0 Å². The van der Waals surface area contributed by atoms with E-state index in [4.69, 9.17) is 0 Å². The molecule has 0 unspecified atom stereocenters. The summed E-state index contributed by atoms with van der Waals surface area (Å²) < 4.78 is 5.09. The third-order valence-corrected chi connectivity index (χ3v) is 11.7. The fourth-order valence-electron chi connectivity index (χ4n) is 8.25. The second-order valence-corrected chi connectivity index (χ2v) is 14.4. The van der Waals surface area contributed by atoms with Crippen molar-refractivity contribution in [3.8, 4) is 27.9 Å². The number of nitrogens with zero attached hydrogens (tertiary/aromatic N) is 1. The third kappa shape index (κ3) is 4.06. The highest BCUT2D eigenvalue weighted by atomic mass is 32.1. The summed E-state index contributed by atoms with van der Waals surface area (Å²) in [4.78, 5) is 0. The molecule has 0 aliphatic carbocycles. The third-order valence-electron chi connectivity index (χ3n) is 10.6. The van der Waals surface area contributed by atoms with Gasteiger partial charge in [0.05, 0.1) is 11.0 Å². The van der Waals surface area contributed by atoms with Crippen molar-refractivity contribution in [3.63, 3.8) is 0 Å². The van der Waals surface area contributed by atoms with E-state index in [0.29, 0.717) is 0 Å². The van der Waals surface area contributed by atoms with Crippen LogP contribution in [0.3, 0.4) is 0 Å². The van der Waals surface area contributed by atoms with Gasteiger partial charge in [-0.05, 0) is 109 Å². The van der Waals surface area contributed by atoms with E-state index in [2.05, 4.69) is 180 Å². The Bertz CT molecular complexity index is 3120. The molecule has 0 aliphatic rings. The molecule has 0 N–H and O–H groups in total. The average molecular weight is 652 g/mol. The topological polar surface area (TPSA) is 4.93 Å². The molecule has 0 atom stereocenters. The molecule has 0 amide bonds. The molecule has 0 spiro atoms. The number of aromatic nitrogens is 1. The maximum atomic E-state index is 2.43. The first-order chi connectivity index (χ1) is 24.8. The van der Waals surface area contributed by atoms with Gasteiger partial charge in [0.1, 0.15) is 0 Å². The van der Waals surface area contributed by atoms with Gasteiger partial charge in [0.2, 0.25) is 0 Å². The van der Waals surface area contributed by atoms with Crippen LogP contribution >= 0.6 is 11.3 Å². The van der Waals surface area contributed by atoms with Gasteiger partial charge in [0.15, 0.2) is 0 Å². The summed E-state index contributed by atoms with van der Waals surface area (Å²) in [5.74, 6) is 0. The molecule has 50 heavy (non-hydrogen) atoms. The zero-order valence-corrected chi connectivity index (χ0v) is 27.9. The predicted octanol–water partition coefficient (Wildman–Crippen LogP) is 13.9. The van der Waals surface area contributed by atoms with Crippen molar-refractivity contribution in [3.05, 3.63) is 176 Å². The number of benzene rings is 9. The highest BCUT2D eigenvalue weighted by Crippen LogP contribution is 2.40. The first-order valence-electron chi connectivity index (χ1n) is 17.2. The Balaban J connectivity index is 1.06. The van der Waals surface area contributed by atoms with Crippen molar-refractivity contribution in [1.29, 1.82) is 0 Å². The second-order valence-electron chi connectivity index (χ2n) is 13.3. The molecule has 1 nitrogen and oxygen atoms in total. The molecule has 0 saturated heterocycles. The molecule has 232 valence electrons. The molecule has 0 radical (unpaired) electrons. The van der Waals surface area contributed by atoms with Crippen LogP contribution in [0.1, 0.15) is 0 Å². The van der Waals surface area contributed by atoms with Gasteiger partial charge in [-0.1, -0.05) is 121 Å². The quantitative estimate of drug-likeness (QED) is 0.168.